The molecule has 1 aliphatic carbocycles. The van der Waals surface area contributed by atoms with E-state index in [0.29, 0.717) is 6.04 Å². The van der Waals surface area contributed by atoms with Crippen LogP contribution in [0.1, 0.15) is 31.7 Å². The van der Waals surface area contributed by atoms with Crippen LogP contribution in [0.4, 0.5) is 5.69 Å². The highest BCUT2D eigenvalue weighted by Gasteiger charge is 2.21. The Morgan fingerprint density at radius 2 is 2.18 bits per heavy atom. The molecular formula is C14H20N2S. The number of benzene rings is 1. The van der Waals surface area contributed by atoms with Crippen molar-refractivity contribution in [2.45, 2.75) is 39.2 Å². The maximum atomic E-state index is 5.33. The molecule has 0 saturated heterocycles. The molecule has 0 bridgehead atoms. The molecule has 1 fully saturated rings. The first kappa shape index (κ1) is 12.4. The molecule has 0 aliphatic heterocycles. The molecule has 1 aromatic rings. The van der Waals surface area contributed by atoms with Gasteiger partial charge in [-0.3, -0.25) is 0 Å². The van der Waals surface area contributed by atoms with Crippen LogP contribution in [-0.2, 0) is 0 Å². The first-order chi connectivity index (χ1) is 8.13. The topological polar surface area (TPSA) is 24.1 Å². The van der Waals surface area contributed by atoms with E-state index in [1.165, 1.54) is 24.8 Å². The Morgan fingerprint density at radius 3 is 2.82 bits per heavy atom. The van der Waals surface area contributed by atoms with E-state index in [1.54, 1.807) is 0 Å². The van der Waals surface area contributed by atoms with Crippen LogP contribution in [0, 0.1) is 12.8 Å². The summed E-state index contributed by atoms with van der Waals surface area (Å²) < 4.78 is 0. The number of hydrogen-bond donors (Lipinski definition) is 2. The second kappa shape index (κ2) is 5.50. The fraction of sp³-hybridized carbons (Fsp3) is 0.500. The molecule has 0 radical (unpaired) electrons. The Morgan fingerprint density at radius 1 is 1.35 bits per heavy atom. The van der Waals surface area contributed by atoms with E-state index in [1.807, 2.05) is 12.1 Å². The second-order valence-electron chi connectivity index (χ2n) is 5.08. The predicted octanol–water partition coefficient (Wildman–Crippen LogP) is 3.47. The predicted molar refractivity (Wildman–Crippen MR) is 77.3 cm³/mol. The van der Waals surface area contributed by atoms with Gasteiger partial charge in [-0.15, -0.1) is 0 Å². The fourth-order valence-corrected chi connectivity index (χ4v) is 2.70. The first-order valence-corrected chi connectivity index (χ1v) is 6.68. The van der Waals surface area contributed by atoms with Gasteiger partial charge < -0.3 is 10.6 Å². The summed E-state index contributed by atoms with van der Waals surface area (Å²) in [5.74, 6) is 0.828. The van der Waals surface area contributed by atoms with Crippen molar-refractivity contribution in [2.75, 3.05) is 5.32 Å². The monoisotopic (exact) mass is 248 g/mol. The normalized spacial score (nSPS) is 23.4. The number of hydrogen-bond acceptors (Lipinski definition) is 1. The van der Waals surface area contributed by atoms with Gasteiger partial charge in [-0.2, -0.15) is 0 Å². The zero-order valence-corrected chi connectivity index (χ0v) is 11.3. The maximum absolute atomic E-state index is 5.33. The quantitative estimate of drug-likeness (QED) is 0.784. The van der Waals surface area contributed by atoms with Crippen molar-refractivity contribution in [3.05, 3.63) is 29.8 Å². The average molecular weight is 248 g/mol. The van der Waals surface area contributed by atoms with Gasteiger partial charge in [-0.05, 0) is 62.0 Å². The van der Waals surface area contributed by atoms with Gasteiger partial charge in [0.1, 0.15) is 0 Å². The van der Waals surface area contributed by atoms with Gasteiger partial charge in [0.2, 0.25) is 0 Å². The van der Waals surface area contributed by atoms with Crippen LogP contribution in [0.3, 0.4) is 0 Å². The zero-order valence-electron chi connectivity index (χ0n) is 10.5. The van der Waals surface area contributed by atoms with E-state index in [2.05, 4.69) is 36.6 Å². The van der Waals surface area contributed by atoms with Gasteiger partial charge in [-0.25, -0.2) is 0 Å². The molecule has 2 unspecified atom stereocenters. The van der Waals surface area contributed by atoms with Gasteiger partial charge in [-0.1, -0.05) is 19.1 Å². The van der Waals surface area contributed by atoms with Crippen LogP contribution in [0.25, 0.3) is 0 Å². The van der Waals surface area contributed by atoms with Crippen molar-refractivity contribution in [1.29, 1.82) is 0 Å². The maximum Gasteiger partial charge on any atom is 0.170 e. The smallest absolute Gasteiger partial charge is 0.170 e. The zero-order chi connectivity index (χ0) is 12.3. The fourth-order valence-electron chi connectivity index (χ4n) is 2.41. The largest absolute Gasteiger partial charge is 0.360 e. The number of rotatable bonds is 2. The SMILES string of the molecule is Cc1cccc(NC(=S)NC2CCC(C)C2)c1. The van der Waals surface area contributed by atoms with Gasteiger partial charge in [0.25, 0.3) is 0 Å². The van der Waals surface area contributed by atoms with Crippen molar-refractivity contribution in [3.8, 4) is 0 Å². The molecule has 3 heteroatoms. The minimum absolute atomic E-state index is 0.551. The lowest BCUT2D eigenvalue weighted by Gasteiger charge is -2.16. The molecule has 1 aromatic carbocycles. The van der Waals surface area contributed by atoms with E-state index in [9.17, 15) is 0 Å². The van der Waals surface area contributed by atoms with Crippen LogP contribution < -0.4 is 10.6 Å². The van der Waals surface area contributed by atoms with Crippen LogP contribution >= 0.6 is 12.2 Å². The molecule has 0 spiro atoms. The van der Waals surface area contributed by atoms with Gasteiger partial charge >= 0.3 is 0 Å². The molecule has 2 atom stereocenters. The summed E-state index contributed by atoms with van der Waals surface area (Å²) in [6.07, 6.45) is 3.77. The van der Waals surface area contributed by atoms with Crippen LogP contribution in [-0.4, -0.2) is 11.2 Å². The van der Waals surface area contributed by atoms with E-state index in [4.69, 9.17) is 12.2 Å². The highest BCUT2D eigenvalue weighted by molar-refractivity contribution is 7.80. The van der Waals surface area contributed by atoms with Crippen LogP contribution in [0.5, 0.6) is 0 Å². The molecule has 17 heavy (non-hydrogen) atoms. The Kier molecular flexibility index (Phi) is 4.00. The van der Waals surface area contributed by atoms with Crippen molar-refractivity contribution < 1.29 is 0 Å². The minimum atomic E-state index is 0.551. The van der Waals surface area contributed by atoms with Crippen molar-refractivity contribution in [2.24, 2.45) is 5.92 Å². The Labute approximate surface area is 109 Å². The van der Waals surface area contributed by atoms with Crippen molar-refractivity contribution >= 4 is 23.0 Å². The molecule has 0 amide bonds. The minimum Gasteiger partial charge on any atom is -0.360 e. The first-order valence-electron chi connectivity index (χ1n) is 6.27. The average Bonchev–Trinajstić information content (AvgIpc) is 2.63. The number of anilines is 1. The standard InChI is InChI=1S/C14H20N2S/c1-10-4-3-5-12(8-10)15-14(17)16-13-7-6-11(2)9-13/h3-5,8,11,13H,6-7,9H2,1-2H3,(H2,15,16,17). The summed E-state index contributed by atoms with van der Waals surface area (Å²) in [7, 11) is 0. The van der Waals surface area contributed by atoms with Gasteiger partial charge in [0, 0.05) is 11.7 Å². The van der Waals surface area contributed by atoms with Crippen molar-refractivity contribution in [1.82, 2.24) is 5.32 Å². The summed E-state index contributed by atoms with van der Waals surface area (Å²) in [5.41, 5.74) is 2.31. The molecule has 1 aliphatic rings. The third kappa shape index (κ3) is 3.70. The number of thiocarbonyl (C=S) groups is 1. The van der Waals surface area contributed by atoms with Crippen molar-refractivity contribution in [3.63, 3.8) is 0 Å². The van der Waals surface area contributed by atoms with Gasteiger partial charge in [0.05, 0.1) is 0 Å². The molecule has 2 rings (SSSR count). The summed E-state index contributed by atoms with van der Waals surface area (Å²) in [6, 6.07) is 8.82. The molecule has 92 valence electrons. The van der Waals surface area contributed by atoms with Crippen LogP contribution in [0.2, 0.25) is 0 Å². The number of aryl methyl sites for hydroxylation is 1. The lowest BCUT2D eigenvalue weighted by atomic mass is 10.1. The molecule has 2 nitrogen and oxygen atoms in total. The summed E-state index contributed by atoms with van der Waals surface area (Å²) >= 11 is 5.33. The van der Waals surface area contributed by atoms with E-state index in [-0.39, 0.29) is 0 Å². The summed E-state index contributed by atoms with van der Waals surface area (Å²) in [5, 5.41) is 7.39. The summed E-state index contributed by atoms with van der Waals surface area (Å²) in [4.78, 5) is 0. The van der Waals surface area contributed by atoms with Crippen LogP contribution in [0.15, 0.2) is 24.3 Å². The Hall–Kier alpha value is -1.09. The number of nitrogens with one attached hydrogen (secondary N) is 2. The van der Waals surface area contributed by atoms with Gasteiger partial charge in [0.15, 0.2) is 5.11 Å². The third-order valence-corrected chi connectivity index (χ3v) is 3.53. The molecule has 0 aromatic heterocycles. The van der Waals surface area contributed by atoms with E-state index >= 15 is 0 Å². The molecule has 1 saturated carbocycles. The summed E-state index contributed by atoms with van der Waals surface area (Å²) in [6.45, 7) is 4.39. The highest BCUT2D eigenvalue weighted by Crippen LogP contribution is 2.24. The highest BCUT2D eigenvalue weighted by atomic mass is 32.1. The molecule has 0 heterocycles. The molecular weight excluding hydrogens is 228 g/mol. The van der Waals surface area contributed by atoms with E-state index in [0.717, 1.165) is 16.7 Å². The lowest BCUT2D eigenvalue weighted by Crippen LogP contribution is -2.36. The Balaban J connectivity index is 1.85. The second-order valence-corrected chi connectivity index (χ2v) is 5.49. The molecule has 2 N–H and O–H groups in total. The third-order valence-electron chi connectivity index (χ3n) is 3.31. The lowest BCUT2D eigenvalue weighted by molar-refractivity contribution is 0.572. The van der Waals surface area contributed by atoms with E-state index < -0.39 is 0 Å². The Bertz CT molecular complexity index is 403.